The summed E-state index contributed by atoms with van der Waals surface area (Å²) in [5.41, 5.74) is 12.0. The molecule has 0 atom stereocenters. The minimum Gasteiger partial charge on any atom is -0.397 e. The molecule has 0 aliphatic heterocycles. The van der Waals surface area contributed by atoms with Gasteiger partial charge >= 0.3 is 0 Å². The average molecular weight is 324 g/mol. The van der Waals surface area contributed by atoms with Gasteiger partial charge in [0.15, 0.2) is 0 Å². The van der Waals surface area contributed by atoms with Gasteiger partial charge < -0.3 is 16.8 Å². The number of amides is 2. The number of hydrogen-bond acceptors (Lipinski definition) is 3. The number of anilines is 2. The summed E-state index contributed by atoms with van der Waals surface area (Å²) in [6, 6.07) is 9.09. The van der Waals surface area contributed by atoms with Crippen LogP contribution in [0.4, 0.5) is 11.4 Å². The van der Waals surface area contributed by atoms with Crippen molar-refractivity contribution in [3.63, 3.8) is 0 Å². The zero-order valence-electron chi connectivity index (χ0n) is 10.7. The summed E-state index contributed by atoms with van der Waals surface area (Å²) in [4.78, 5) is 23.2. The van der Waals surface area contributed by atoms with E-state index in [0.717, 1.165) is 0 Å². The molecule has 0 saturated heterocycles. The van der Waals surface area contributed by atoms with E-state index in [0.29, 0.717) is 11.3 Å². The molecule has 21 heavy (non-hydrogen) atoms. The number of carbonyl (C=O) groups is 2. The molecule has 0 aliphatic rings. The summed E-state index contributed by atoms with van der Waals surface area (Å²) in [7, 11) is 0. The Morgan fingerprint density at radius 2 is 1.76 bits per heavy atom. The van der Waals surface area contributed by atoms with Gasteiger partial charge in [0.1, 0.15) is 0 Å². The Balaban J connectivity index is 2.26. The van der Waals surface area contributed by atoms with E-state index in [9.17, 15) is 9.59 Å². The summed E-state index contributed by atoms with van der Waals surface area (Å²) in [6.07, 6.45) is 0. The maximum atomic E-state index is 12.1. The number of primary amides is 1. The average Bonchev–Trinajstić information content (AvgIpc) is 2.44. The Bertz CT molecular complexity index is 709. The maximum absolute atomic E-state index is 12.1. The van der Waals surface area contributed by atoms with Crippen molar-refractivity contribution in [2.75, 3.05) is 11.1 Å². The van der Waals surface area contributed by atoms with E-state index in [1.54, 1.807) is 18.2 Å². The number of benzene rings is 2. The van der Waals surface area contributed by atoms with Crippen LogP contribution in [0.15, 0.2) is 36.4 Å². The highest BCUT2D eigenvalue weighted by Gasteiger charge is 2.12. The van der Waals surface area contributed by atoms with Crippen LogP contribution in [0.25, 0.3) is 0 Å². The number of hydrogen-bond donors (Lipinski definition) is 3. The molecular formula is C14H11Cl2N3O2. The fourth-order valence-electron chi connectivity index (χ4n) is 1.69. The third kappa shape index (κ3) is 3.45. The summed E-state index contributed by atoms with van der Waals surface area (Å²) in [6.45, 7) is 0. The topological polar surface area (TPSA) is 98.2 Å². The molecule has 0 aromatic heterocycles. The minimum absolute atomic E-state index is 0.188. The van der Waals surface area contributed by atoms with E-state index in [1.165, 1.54) is 18.2 Å². The highest BCUT2D eigenvalue weighted by Crippen LogP contribution is 2.29. The molecule has 0 unspecified atom stereocenters. The van der Waals surface area contributed by atoms with Crippen molar-refractivity contribution in [2.24, 2.45) is 5.73 Å². The standard InChI is InChI=1S/C14H11Cl2N3O2/c15-10-5-8(6-11(17)12(10)16)14(21)19-9-3-1-2-7(4-9)13(18)20/h1-6H,17H2,(H2,18,20)(H,19,21). The molecule has 0 radical (unpaired) electrons. The van der Waals surface area contributed by atoms with Crippen molar-refractivity contribution in [3.8, 4) is 0 Å². The molecule has 0 heterocycles. The van der Waals surface area contributed by atoms with Crippen LogP contribution < -0.4 is 16.8 Å². The summed E-state index contributed by atoms with van der Waals surface area (Å²) in [5.74, 6) is -1.01. The van der Waals surface area contributed by atoms with Gasteiger partial charge in [0.2, 0.25) is 5.91 Å². The number of carbonyl (C=O) groups excluding carboxylic acids is 2. The Hall–Kier alpha value is -2.24. The number of halogens is 2. The molecule has 7 heteroatoms. The monoisotopic (exact) mass is 323 g/mol. The van der Waals surface area contributed by atoms with Crippen LogP contribution in [0.5, 0.6) is 0 Å². The smallest absolute Gasteiger partial charge is 0.255 e. The Labute approximate surface area is 130 Å². The van der Waals surface area contributed by atoms with Crippen LogP contribution in [0.1, 0.15) is 20.7 Å². The third-order valence-electron chi connectivity index (χ3n) is 2.72. The molecule has 2 aromatic rings. The van der Waals surface area contributed by atoms with E-state index in [4.69, 9.17) is 34.7 Å². The fourth-order valence-corrected chi connectivity index (χ4v) is 2.03. The van der Waals surface area contributed by atoms with E-state index >= 15 is 0 Å². The van der Waals surface area contributed by atoms with Crippen LogP contribution in [0.2, 0.25) is 10.0 Å². The number of nitrogen functional groups attached to an aromatic ring is 1. The van der Waals surface area contributed by atoms with E-state index in [1.807, 2.05) is 0 Å². The van der Waals surface area contributed by atoms with Gasteiger partial charge in [0.05, 0.1) is 15.7 Å². The van der Waals surface area contributed by atoms with Crippen molar-refractivity contribution in [1.29, 1.82) is 0 Å². The first-order chi connectivity index (χ1) is 9.88. The highest BCUT2D eigenvalue weighted by molar-refractivity contribution is 6.44. The van der Waals surface area contributed by atoms with Crippen LogP contribution in [0, 0.1) is 0 Å². The molecule has 5 N–H and O–H groups in total. The molecule has 2 rings (SSSR count). The number of nitrogens with two attached hydrogens (primary N) is 2. The zero-order valence-corrected chi connectivity index (χ0v) is 12.2. The first kappa shape index (κ1) is 15.2. The molecule has 0 aliphatic carbocycles. The van der Waals surface area contributed by atoms with Gasteiger partial charge in [0, 0.05) is 16.8 Å². The van der Waals surface area contributed by atoms with Crippen molar-refractivity contribution in [2.45, 2.75) is 0 Å². The molecule has 0 bridgehead atoms. The molecule has 0 fully saturated rings. The van der Waals surface area contributed by atoms with Crippen molar-refractivity contribution < 1.29 is 9.59 Å². The zero-order chi connectivity index (χ0) is 15.6. The van der Waals surface area contributed by atoms with Gasteiger partial charge in [-0.15, -0.1) is 0 Å². The van der Waals surface area contributed by atoms with Gasteiger partial charge in [-0.05, 0) is 30.3 Å². The second kappa shape index (κ2) is 6.03. The summed E-state index contributed by atoms with van der Waals surface area (Å²) >= 11 is 11.7. The Kier molecular flexibility index (Phi) is 4.35. The first-order valence-corrected chi connectivity index (χ1v) is 6.60. The van der Waals surface area contributed by atoms with Gasteiger partial charge in [0.25, 0.3) is 5.91 Å². The molecule has 0 spiro atoms. The number of rotatable bonds is 3. The molecule has 2 aromatic carbocycles. The third-order valence-corrected chi connectivity index (χ3v) is 3.54. The Morgan fingerprint density at radius 1 is 1.05 bits per heavy atom. The molecule has 0 saturated carbocycles. The van der Waals surface area contributed by atoms with E-state index in [2.05, 4.69) is 5.32 Å². The second-order valence-corrected chi connectivity index (χ2v) is 5.05. The lowest BCUT2D eigenvalue weighted by Gasteiger charge is -2.08. The SMILES string of the molecule is NC(=O)c1cccc(NC(=O)c2cc(N)c(Cl)c(Cl)c2)c1. The lowest BCUT2D eigenvalue weighted by atomic mass is 10.1. The summed E-state index contributed by atoms with van der Waals surface area (Å²) in [5, 5.41) is 3.01. The molecule has 2 amide bonds. The van der Waals surface area contributed by atoms with Crippen LogP contribution in [-0.2, 0) is 0 Å². The normalized spacial score (nSPS) is 10.2. The van der Waals surface area contributed by atoms with Crippen molar-refractivity contribution in [1.82, 2.24) is 0 Å². The predicted molar refractivity (Wildman–Crippen MR) is 83.8 cm³/mol. The molecular weight excluding hydrogens is 313 g/mol. The fraction of sp³-hybridized carbons (Fsp3) is 0. The van der Waals surface area contributed by atoms with Gasteiger partial charge in [-0.25, -0.2) is 0 Å². The van der Waals surface area contributed by atoms with E-state index < -0.39 is 11.8 Å². The number of nitrogens with one attached hydrogen (secondary N) is 1. The second-order valence-electron chi connectivity index (χ2n) is 4.26. The molecule has 5 nitrogen and oxygen atoms in total. The van der Waals surface area contributed by atoms with Crippen LogP contribution in [-0.4, -0.2) is 11.8 Å². The lowest BCUT2D eigenvalue weighted by molar-refractivity contribution is 0.0996. The van der Waals surface area contributed by atoms with Crippen molar-refractivity contribution >= 4 is 46.4 Å². The Morgan fingerprint density at radius 3 is 2.38 bits per heavy atom. The highest BCUT2D eigenvalue weighted by atomic mass is 35.5. The molecule has 108 valence electrons. The largest absolute Gasteiger partial charge is 0.397 e. The maximum Gasteiger partial charge on any atom is 0.255 e. The summed E-state index contributed by atoms with van der Waals surface area (Å²) < 4.78 is 0. The van der Waals surface area contributed by atoms with Crippen LogP contribution >= 0.6 is 23.2 Å². The first-order valence-electron chi connectivity index (χ1n) is 5.84. The quantitative estimate of drug-likeness (QED) is 0.757. The lowest BCUT2D eigenvalue weighted by Crippen LogP contribution is -2.14. The van der Waals surface area contributed by atoms with Gasteiger partial charge in [-0.3, -0.25) is 9.59 Å². The predicted octanol–water partition coefficient (Wildman–Crippen LogP) is 2.93. The minimum atomic E-state index is -0.579. The van der Waals surface area contributed by atoms with Gasteiger partial charge in [-0.2, -0.15) is 0 Å². The van der Waals surface area contributed by atoms with E-state index in [-0.39, 0.29) is 21.3 Å². The van der Waals surface area contributed by atoms with Gasteiger partial charge in [-0.1, -0.05) is 29.3 Å². The van der Waals surface area contributed by atoms with Crippen molar-refractivity contribution in [3.05, 3.63) is 57.6 Å². The van der Waals surface area contributed by atoms with Crippen LogP contribution in [0.3, 0.4) is 0 Å².